The molecule has 66 valence electrons. The van der Waals surface area contributed by atoms with Gasteiger partial charge >= 0.3 is 0 Å². The monoisotopic (exact) mass is 184 g/mol. The second kappa shape index (κ2) is 4.43. The van der Waals surface area contributed by atoms with Crippen molar-refractivity contribution in [2.75, 3.05) is 0 Å². The molecular weight excluding hydrogens is 172 g/mol. The van der Waals surface area contributed by atoms with Gasteiger partial charge in [0.15, 0.2) is 0 Å². The van der Waals surface area contributed by atoms with E-state index in [9.17, 15) is 0 Å². The van der Waals surface area contributed by atoms with Crippen LogP contribution < -0.4 is 5.73 Å². The number of hydrogen-bond acceptors (Lipinski definition) is 2. The van der Waals surface area contributed by atoms with Crippen LogP contribution in [0.15, 0.2) is 18.5 Å². The van der Waals surface area contributed by atoms with Crippen molar-refractivity contribution in [2.45, 2.75) is 25.8 Å². The van der Waals surface area contributed by atoms with Gasteiger partial charge in [0.2, 0.25) is 0 Å². The Morgan fingerprint density at radius 1 is 1.67 bits per heavy atom. The third-order valence-electron chi connectivity index (χ3n) is 1.80. The van der Waals surface area contributed by atoms with E-state index in [1.165, 1.54) is 0 Å². The SMILES string of the molecule is CCCC(N)c1cnccc1Cl. The zero-order valence-corrected chi connectivity index (χ0v) is 7.88. The van der Waals surface area contributed by atoms with E-state index in [0.29, 0.717) is 5.02 Å². The summed E-state index contributed by atoms with van der Waals surface area (Å²) in [5.41, 5.74) is 6.83. The first-order chi connectivity index (χ1) is 5.75. The average molecular weight is 185 g/mol. The highest BCUT2D eigenvalue weighted by Gasteiger charge is 2.07. The van der Waals surface area contributed by atoms with Gasteiger partial charge < -0.3 is 5.73 Å². The van der Waals surface area contributed by atoms with Crippen molar-refractivity contribution in [3.8, 4) is 0 Å². The van der Waals surface area contributed by atoms with Crippen LogP contribution in [0, 0.1) is 0 Å². The zero-order valence-electron chi connectivity index (χ0n) is 7.13. The van der Waals surface area contributed by atoms with E-state index in [1.807, 2.05) is 0 Å². The summed E-state index contributed by atoms with van der Waals surface area (Å²) in [5, 5.41) is 0.714. The molecular formula is C9H13ClN2. The van der Waals surface area contributed by atoms with Gasteiger partial charge in [0.1, 0.15) is 0 Å². The number of aromatic nitrogens is 1. The first-order valence-corrected chi connectivity index (χ1v) is 4.48. The molecule has 0 bridgehead atoms. The third-order valence-corrected chi connectivity index (χ3v) is 2.14. The number of pyridine rings is 1. The molecule has 0 aliphatic heterocycles. The van der Waals surface area contributed by atoms with Crippen LogP contribution in [-0.2, 0) is 0 Å². The van der Waals surface area contributed by atoms with E-state index in [4.69, 9.17) is 17.3 Å². The van der Waals surface area contributed by atoms with Crippen LogP contribution in [0.25, 0.3) is 0 Å². The molecule has 0 aliphatic rings. The first-order valence-electron chi connectivity index (χ1n) is 4.10. The van der Waals surface area contributed by atoms with E-state index in [0.717, 1.165) is 18.4 Å². The smallest absolute Gasteiger partial charge is 0.0484 e. The number of nitrogens with two attached hydrogens (primary N) is 1. The minimum atomic E-state index is 0.0243. The van der Waals surface area contributed by atoms with Gasteiger partial charge in [0, 0.05) is 29.0 Å². The van der Waals surface area contributed by atoms with Crippen LogP contribution in [-0.4, -0.2) is 4.98 Å². The third kappa shape index (κ3) is 2.19. The second-order valence-electron chi connectivity index (χ2n) is 2.79. The molecule has 0 spiro atoms. The van der Waals surface area contributed by atoms with E-state index in [1.54, 1.807) is 18.5 Å². The lowest BCUT2D eigenvalue weighted by Gasteiger charge is -2.10. The highest BCUT2D eigenvalue weighted by atomic mass is 35.5. The molecule has 1 aromatic heterocycles. The van der Waals surface area contributed by atoms with Crippen molar-refractivity contribution in [3.63, 3.8) is 0 Å². The second-order valence-corrected chi connectivity index (χ2v) is 3.20. The van der Waals surface area contributed by atoms with E-state index in [-0.39, 0.29) is 6.04 Å². The van der Waals surface area contributed by atoms with E-state index < -0.39 is 0 Å². The zero-order chi connectivity index (χ0) is 8.97. The number of nitrogens with zero attached hydrogens (tertiary/aromatic N) is 1. The molecule has 0 saturated carbocycles. The minimum Gasteiger partial charge on any atom is -0.324 e. The maximum atomic E-state index is 5.93. The molecule has 1 unspecified atom stereocenters. The van der Waals surface area contributed by atoms with Crippen molar-refractivity contribution < 1.29 is 0 Å². The number of rotatable bonds is 3. The molecule has 2 N–H and O–H groups in total. The Bertz CT molecular complexity index is 250. The summed E-state index contributed by atoms with van der Waals surface area (Å²) < 4.78 is 0. The fraction of sp³-hybridized carbons (Fsp3) is 0.444. The summed E-state index contributed by atoms with van der Waals surface area (Å²) in [5.74, 6) is 0. The standard InChI is InChI=1S/C9H13ClN2/c1-2-3-9(11)7-6-12-5-4-8(7)10/h4-6,9H,2-3,11H2,1H3. The van der Waals surface area contributed by atoms with Crippen LogP contribution in [0.2, 0.25) is 5.02 Å². The van der Waals surface area contributed by atoms with Crippen molar-refractivity contribution in [1.29, 1.82) is 0 Å². The Balaban J connectivity index is 2.79. The van der Waals surface area contributed by atoms with Gasteiger partial charge in [-0.2, -0.15) is 0 Å². The van der Waals surface area contributed by atoms with Gasteiger partial charge in [0.05, 0.1) is 0 Å². The van der Waals surface area contributed by atoms with Crippen molar-refractivity contribution >= 4 is 11.6 Å². The molecule has 0 fully saturated rings. The molecule has 1 rings (SSSR count). The van der Waals surface area contributed by atoms with Gasteiger partial charge in [-0.25, -0.2) is 0 Å². The quantitative estimate of drug-likeness (QED) is 0.784. The van der Waals surface area contributed by atoms with Gasteiger partial charge in [0.25, 0.3) is 0 Å². The maximum Gasteiger partial charge on any atom is 0.0484 e. The summed E-state index contributed by atoms with van der Waals surface area (Å²) in [4.78, 5) is 3.98. The lowest BCUT2D eigenvalue weighted by molar-refractivity contribution is 0.636. The molecule has 0 amide bonds. The Kier molecular flexibility index (Phi) is 3.50. The summed E-state index contributed by atoms with van der Waals surface area (Å²) in [6.45, 7) is 2.10. The van der Waals surface area contributed by atoms with E-state index >= 15 is 0 Å². The molecule has 0 radical (unpaired) electrons. The number of halogens is 1. The summed E-state index contributed by atoms with van der Waals surface area (Å²) >= 11 is 5.93. The predicted octanol–water partition coefficient (Wildman–Crippen LogP) is 2.53. The van der Waals surface area contributed by atoms with Crippen LogP contribution in [0.3, 0.4) is 0 Å². The van der Waals surface area contributed by atoms with Crippen molar-refractivity contribution in [2.24, 2.45) is 5.73 Å². The molecule has 1 heterocycles. The van der Waals surface area contributed by atoms with Crippen LogP contribution >= 0.6 is 11.6 Å². The average Bonchev–Trinajstić information content (AvgIpc) is 2.05. The van der Waals surface area contributed by atoms with E-state index in [2.05, 4.69) is 11.9 Å². The lowest BCUT2D eigenvalue weighted by atomic mass is 10.1. The van der Waals surface area contributed by atoms with Crippen LogP contribution in [0.1, 0.15) is 31.4 Å². The fourth-order valence-electron chi connectivity index (χ4n) is 1.13. The molecule has 1 atom stereocenters. The molecule has 0 saturated heterocycles. The molecule has 0 aliphatic carbocycles. The first kappa shape index (κ1) is 9.49. The maximum absolute atomic E-state index is 5.93. The summed E-state index contributed by atoms with van der Waals surface area (Å²) in [7, 11) is 0. The fourth-order valence-corrected chi connectivity index (χ4v) is 1.37. The van der Waals surface area contributed by atoms with Gasteiger partial charge in [-0.3, -0.25) is 4.98 Å². The molecule has 12 heavy (non-hydrogen) atoms. The van der Waals surface area contributed by atoms with Crippen molar-refractivity contribution in [3.05, 3.63) is 29.0 Å². The van der Waals surface area contributed by atoms with Crippen LogP contribution in [0.4, 0.5) is 0 Å². The Labute approximate surface area is 77.8 Å². The number of hydrogen-bond donors (Lipinski definition) is 1. The van der Waals surface area contributed by atoms with Crippen LogP contribution in [0.5, 0.6) is 0 Å². The van der Waals surface area contributed by atoms with Crippen molar-refractivity contribution in [1.82, 2.24) is 4.98 Å². The summed E-state index contributed by atoms with van der Waals surface area (Å²) in [6.07, 6.45) is 5.42. The Morgan fingerprint density at radius 3 is 3.00 bits per heavy atom. The Hall–Kier alpha value is -0.600. The summed E-state index contributed by atoms with van der Waals surface area (Å²) in [6, 6.07) is 1.79. The highest BCUT2D eigenvalue weighted by molar-refractivity contribution is 6.31. The minimum absolute atomic E-state index is 0.0243. The highest BCUT2D eigenvalue weighted by Crippen LogP contribution is 2.22. The topological polar surface area (TPSA) is 38.9 Å². The van der Waals surface area contributed by atoms with Gasteiger partial charge in [-0.05, 0) is 12.5 Å². The normalized spacial score (nSPS) is 12.9. The largest absolute Gasteiger partial charge is 0.324 e. The molecule has 2 nitrogen and oxygen atoms in total. The molecule has 0 aromatic carbocycles. The Morgan fingerprint density at radius 2 is 2.42 bits per heavy atom. The molecule has 3 heteroatoms. The lowest BCUT2D eigenvalue weighted by Crippen LogP contribution is -2.10. The molecule has 1 aromatic rings. The predicted molar refractivity (Wildman–Crippen MR) is 51.1 cm³/mol. The van der Waals surface area contributed by atoms with Gasteiger partial charge in [-0.1, -0.05) is 24.9 Å². The van der Waals surface area contributed by atoms with Gasteiger partial charge in [-0.15, -0.1) is 0 Å².